The number of likely N-dealkylation sites (tertiary alicyclic amines) is 1. The average Bonchev–Trinajstić information content (AvgIpc) is 2.99. The van der Waals surface area contributed by atoms with E-state index in [0.29, 0.717) is 13.2 Å². The molecule has 2 rings (SSSR count). The smallest absolute Gasteiger partial charge is 0.216 e. The van der Waals surface area contributed by atoms with Gasteiger partial charge in [-0.2, -0.15) is 0 Å². The molecule has 1 aromatic rings. The van der Waals surface area contributed by atoms with Crippen LogP contribution in [0.4, 0.5) is 0 Å². The Morgan fingerprint density at radius 2 is 1.95 bits per heavy atom. The molecule has 1 aliphatic heterocycles. The van der Waals surface area contributed by atoms with Crippen LogP contribution in [0.5, 0.6) is 5.75 Å². The van der Waals surface area contributed by atoms with E-state index < -0.39 is 0 Å². The Morgan fingerprint density at radius 3 is 2.62 bits per heavy atom. The van der Waals surface area contributed by atoms with Gasteiger partial charge in [-0.3, -0.25) is 4.79 Å². The zero-order valence-electron chi connectivity index (χ0n) is 12.9. The normalized spacial score (nSPS) is 15.1. The molecule has 4 heteroatoms. The van der Waals surface area contributed by atoms with E-state index in [1.54, 1.807) is 0 Å². The van der Waals surface area contributed by atoms with Crippen molar-refractivity contribution in [3.05, 3.63) is 29.8 Å². The summed E-state index contributed by atoms with van der Waals surface area (Å²) in [4.78, 5) is 13.2. The first-order valence-electron chi connectivity index (χ1n) is 7.92. The minimum absolute atomic E-state index is 0.0114. The molecule has 4 nitrogen and oxygen atoms in total. The highest BCUT2D eigenvalue weighted by Crippen LogP contribution is 2.14. The van der Waals surface area contributed by atoms with E-state index in [9.17, 15) is 4.79 Å². The van der Waals surface area contributed by atoms with Gasteiger partial charge >= 0.3 is 0 Å². The fraction of sp³-hybridized carbons (Fsp3) is 0.588. The number of hydrogen-bond acceptors (Lipinski definition) is 3. The Morgan fingerprint density at radius 1 is 1.24 bits per heavy atom. The molecule has 1 heterocycles. The number of nitrogens with zero attached hydrogens (tertiary/aromatic N) is 1. The van der Waals surface area contributed by atoms with Crippen molar-refractivity contribution >= 4 is 5.91 Å². The van der Waals surface area contributed by atoms with Crippen molar-refractivity contribution in [3.63, 3.8) is 0 Å². The monoisotopic (exact) mass is 290 g/mol. The summed E-state index contributed by atoms with van der Waals surface area (Å²) in [6.45, 7) is 6.51. The highest BCUT2D eigenvalue weighted by molar-refractivity contribution is 5.72. The summed E-state index contributed by atoms with van der Waals surface area (Å²) in [5, 5.41) is 2.76. The third-order valence-corrected chi connectivity index (χ3v) is 3.80. The van der Waals surface area contributed by atoms with E-state index in [2.05, 4.69) is 22.3 Å². The van der Waals surface area contributed by atoms with Gasteiger partial charge in [-0.05, 0) is 56.5 Å². The van der Waals surface area contributed by atoms with Gasteiger partial charge in [0.2, 0.25) is 5.91 Å². The number of carbonyl (C=O) groups is 1. The first-order valence-corrected chi connectivity index (χ1v) is 7.92. The zero-order valence-corrected chi connectivity index (χ0v) is 12.9. The maximum absolute atomic E-state index is 10.7. The standard InChI is InChI=1S/C17H26N2O2/c1-15(20)18-10-4-14-21-17-7-5-16(6-8-17)9-13-19-11-2-3-12-19/h5-8H,2-4,9-14H2,1H3,(H,18,20). The van der Waals surface area contributed by atoms with E-state index in [4.69, 9.17) is 4.74 Å². The van der Waals surface area contributed by atoms with E-state index >= 15 is 0 Å². The second-order valence-electron chi connectivity index (χ2n) is 5.63. The van der Waals surface area contributed by atoms with Gasteiger partial charge in [0.1, 0.15) is 5.75 Å². The molecule has 0 aliphatic carbocycles. The van der Waals surface area contributed by atoms with Crippen LogP contribution in [0.15, 0.2) is 24.3 Å². The molecule has 0 bridgehead atoms. The van der Waals surface area contributed by atoms with Crippen LogP contribution in [-0.2, 0) is 11.2 Å². The van der Waals surface area contributed by atoms with Crippen molar-refractivity contribution in [3.8, 4) is 5.75 Å². The average molecular weight is 290 g/mol. The van der Waals surface area contributed by atoms with Gasteiger partial charge in [-0.15, -0.1) is 0 Å². The summed E-state index contributed by atoms with van der Waals surface area (Å²) in [6, 6.07) is 8.38. The molecule has 0 aromatic heterocycles. The van der Waals surface area contributed by atoms with Crippen LogP contribution in [0.3, 0.4) is 0 Å². The Balaban J connectivity index is 1.63. The van der Waals surface area contributed by atoms with Crippen molar-refractivity contribution < 1.29 is 9.53 Å². The van der Waals surface area contributed by atoms with Crippen LogP contribution < -0.4 is 10.1 Å². The second kappa shape index (κ2) is 8.67. The number of carbonyl (C=O) groups excluding carboxylic acids is 1. The lowest BCUT2D eigenvalue weighted by Crippen LogP contribution is -2.22. The molecule has 0 unspecified atom stereocenters. The molecule has 1 fully saturated rings. The molecule has 1 N–H and O–H groups in total. The SMILES string of the molecule is CC(=O)NCCCOc1ccc(CCN2CCCC2)cc1. The fourth-order valence-electron chi connectivity index (χ4n) is 2.57. The van der Waals surface area contributed by atoms with Crippen molar-refractivity contribution in [2.45, 2.75) is 32.6 Å². The van der Waals surface area contributed by atoms with Gasteiger partial charge in [0.05, 0.1) is 6.61 Å². The van der Waals surface area contributed by atoms with Crippen LogP contribution in [0.2, 0.25) is 0 Å². The molecule has 0 saturated carbocycles. The molecule has 0 radical (unpaired) electrons. The topological polar surface area (TPSA) is 41.6 Å². The lowest BCUT2D eigenvalue weighted by Gasteiger charge is -2.14. The maximum atomic E-state index is 10.7. The van der Waals surface area contributed by atoms with E-state index in [1.807, 2.05) is 12.1 Å². The largest absolute Gasteiger partial charge is 0.494 e. The summed E-state index contributed by atoms with van der Waals surface area (Å²) >= 11 is 0. The number of ether oxygens (including phenoxy) is 1. The molecule has 1 amide bonds. The molecular weight excluding hydrogens is 264 g/mol. The molecular formula is C17H26N2O2. The van der Waals surface area contributed by atoms with Crippen LogP contribution in [-0.4, -0.2) is 43.6 Å². The highest BCUT2D eigenvalue weighted by Gasteiger charge is 2.10. The lowest BCUT2D eigenvalue weighted by atomic mass is 10.1. The summed E-state index contributed by atoms with van der Waals surface area (Å²) in [7, 11) is 0. The Hall–Kier alpha value is -1.55. The van der Waals surface area contributed by atoms with Gasteiger partial charge in [0, 0.05) is 20.0 Å². The minimum atomic E-state index is 0.0114. The summed E-state index contributed by atoms with van der Waals surface area (Å²) in [6.07, 6.45) is 4.65. The third kappa shape index (κ3) is 6.17. The first kappa shape index (κ1) is 15.8. The molecule has 0 atom stereocenters. The fourth-order valence-corrected chi connectivity index (χ4v) is 2.57. The molecule has 116 valence electrons. The van der Waals surface area contributed by atoms with Crippen molar-refractivity contribution in [2.24, 2.45) is 0 Å². The second-order valence-corrected chi connectivity index (χ2v) is 5.63. The van der Waals surface area contributed by atoms with Crippen LogP contribution in [0, 0.1) is 0 Å². The van der Waals surface area contributed by atoms with E-state index in [0.717, 1.165) is 25.1 Å². The minimum Gasteiger partial charge on any atom is -0.494 e. The number of rotatable bonds is 8. The summed E-state index contributed by atoms with van der Waals surface area (Å²) in [5.41, 5.74) is 1.37. The van der Waals surface area contributed by atoms with Gasteiger partial charge in [-0.25, -0.2) is 0 Å². The molecule has 0 spiro atoms. The maximum Gasteiger partial charge on any atom is 0.216 e. The van der Waals surface area contributed by atoms with Gasteiger partial charge in [0.15, 0.2) is 0 Å². The summed E-state index contributed by atoms with van der Waals surface area (Å²) < 4.78 is 5.66. The number of amides is 1. The quantitative estimate of drug-likeness (QED) is 0.747. The Labute approximate surface area is 127 Å². The van der Waals surface area contributed by atoms with E-state index in [-0.39, 0.29) is 5.91 Å². The van der Waals surface area contributed by atoms with Gasteiger partial charge in [-0.1, -0.05) is 12.1 Å². The van der Waals surface area contributed by atoms with E-state index in [1.165, 1.54) is 38.4 Å². The van der Waals surface area contributed by atoms with Crippen LogP contribution >= 0.6 is 0 Å². The number of benzene rings is 1. The first-order chi connectivity index (χ1) is 10.2. The van der Waals surface area contributed by atoms with Crippen LogP contribution in [0.1, 0.15) is 31.7 Å². The third-order valence-electron chi connectivity index (χ3n) is 3.80. The van der Waals surface area contributed by atoms with Crippen molar-refractivity contribution in [1.29, 1.82) is 0 Å². The van der Waals surface area contributed by atoms with Crippen molar-refractivity contribution in [2.75, 3.05) is 32.8 Å². The number of nitrogens with one attached hydrogen (secondary N) is 1. The predicted octanol–water partition coefficient (Wildman–Crippen LogP) is 2.23. The van der Waals surface area contributed by atoms with Gasteiger partial charge < -0.3 is 15.0 Å². The molecule has 1 saturated heterocycles. The highest BCUT2D eigenvalue weighted by atomic mass is 16.5. The lowest BCUT2D eigenvalue weighted by molar-refractivity contribution is -0.118. The van der Waals surface area contributed by atoms with Gasteiger partial charge in [0.25, 0.3) is 0 Å². The Bertz CT molecular complexity index is 425. The number of hydrogen-bond donors (Lipinski definition) is 1. The summed E-state index contributed by atoms with van der Waals surface area (Å²) in [5.74, 6) is 0.917. The molecule has 1 aliphatic rings. The molecule has 21 heavy (non-hydrogen) atoms. The Kier molecular flexibility index (Phi) is 6.54. The van der Waals surface area contributed by atoms with Crippen molar-refractivity contribution in [1.82, 2.24) is 10.2 Å². The zero-order chi connectivity index (χ0) is 14.9. The molecule has 1 aromatic carbocycles. The predicted molar refractivity (Wildman–Crippen MR) is 84.6 cm³/mol. The van der Waals surface area contributed by atoms with Crippen LogP contribution in [0.25, 0.3) is 0 Å².